The van der Waals surface area contributed by atoms with Crippen molar-refractivity contribution < 1.29 is 4.79 Å². The number of rotatable bonds is 4. The summed E-state index contributed by atoms with van der Waals surface area (Å²) < 4.78 is 0. The van der Waals surface area contributed by atoms with Crippen LogP contribution in [0.15, 0.2) is 48.7 Å². The van der Waals surface area contributed by atoms with Gasteiger partial charge in [0.2, 0.25) is 0 Å². The predicted octanol–water partition coefficient (Wildman–Crippen LogP) is 1.86. The lowest BCUT2D eigenvalue weighted by Gasteiger charge is -2.13. The Morgan fingerprint density at radius 3 is 2.53 bits per heavy atom. The van der Waals surface area contributed by atoms with Crippen molar-refractivity contribution in [1.29, 1.82) is 0 Å². The first-order valence-corrected chi connectivity index (χ1v) is 5.99. The lowest BCUT2D eigenvalue weighted by molar-refractivity contribution is 0.0935. The fraction of sp³-hybridized carbons (Fsp3) is 0.143. The predicted molar refractivity (Wildman–Crippen MR) is 74.4 cm³/mol. The molecular formula is C14H16N4O. The number of nitrogens with two attached hydrogens (primary N) is 1. The molecule has 5 heteroatoms. The molecule has 1 amide bonds. The number of anilines is 1. The quantitative estimate of drug-likeness (QED) is 0.576. The molecule has 98 valence electrons. The normalized spacial score (nSPS) is 11.7. The van der Waals surface area contributed by atoms with E-state index in [1.54, 1.807) is 12.1 Å². The number of nitrogens with zero attached hydrogens (tertiary/aromatic N) is 1. The molecule has 4 N–H and O–H groups in total. The molecule has 1 aromatic heterocycles. The van der Waals surface area contributed by atoms with Crippen molar-refractivity contribution in [3.63, 3.8) is 0 Å². The van der Waals surface area contributed by atoms with Crippen LogP contribution in [0.4, 0.5) is 5.69 Å². The molecule has 5 nitrogen and oxygen atoms in total. The summed E-state index contributed by atoms with van der Waals surface area (Å²) in [4.78, 5) is 16.0. The summed E-state index contributed by atoms with van der Waals surface area (Å²) in [6.45, 7) is 1.93. The van der Waals surface area contributed by atoms with Crippen molar-refractivity contribution in [2.75, 3.05) is 5.43 Å². The van der Waals surface area contributed by atoms with E-state index in [4.69, 9.17) is 5.84 Å². The molecule has 0 radical (unpaired) electrons. The minimum Gasteiger partial charge on any atom is -0.344 e. The third-order valence-electron chi connectivity index (χ3n) is 2.81. The minimum absolute atomic E-state index is 0.0668. The molecule has 0 fully saturated rings. The zero-order chi connectivity index (χ0) is 13.7. The highest BCUT2D eigenvalue weighted by molar-refractivity contribution is 5.92. The van der Waals surface area contributed by atoms with Crippen LogP contribution in [0, 0.1) is 0 Å². The Balaban J connectivity index is 2.04. The molecule has 2 rings (SSSR count). The van der Waals surface area contributed by atoms with Gasteiger partial charge in [-0.1, -0.05) is 30.3 Å². The molecule has 0 aliphatic heterocycles. The zero-order valence-electron chi connectivity index (χ0n) is 10.6. The van der Waals surface area contributed by atoms with Gasteiger partial charge < -0.3 is 10.7 Å². The maximum atomic E-state index is 12.0. The van der Waals surface area contributed by atoms with E-state index in [9.17, 15) is 4.79 Å². The van der Waals surface area contributed by atoms with Crippen LogP contribution in [0.25, 0.3) is 0 Å². The molecule has 0 spiro atoms. The summed E-state index contributed by atoms with van der Waals surface area (Å²) in [7, 11) is 0. The second-order valence-electron chi connectivity index (χ2n) is 4.18. The first-order chi connectivity index (χ1) is 9.20. The number of hydrogen-bond acceptors (Lipinski definition) is 4. The summed E-state index contributed by atoms with van der Waals surface area (Å²) in [6, 6.07) is 13.0. The maximum Gasteiger partial charge on any atom is 0.270 e. The monoisotopic (exact) mass is 256 g/mol. The van der Waals surface area contributed by atoms with Crippen LogP contribution in [0.3, 0.4) is 0 Å². The summed E-state index contributed by atoms with van der Waals surface area (Å²) in [5, 5.41) is 2.90. The van der Waals surface area contributed by atoms with Crippen LogP contribution < -0.4 is 16.6 Å². The van der Waals surface area contributed by atoms with Crippen molar-refractivity contribution in [3.8, 4) is 0 Å². The number of carbonyl (C=O) groups excluding carboxylic acids is 1. The lowest BCUT2D eigenvalue weighted by atomic mass is 10.1. The van der Waals surface area contributed by atoms with Crippen LogP contribution in [-0.4, -0.2) is 10.9 Å². The average Bonchev–Trinajstić information content (AvgIpc) is 2.48. The topological polar surface area (TPSA) is 80.0 Å². The maximum absolute atomic E-state index is 12.0. The minimum atomic E-state index is -0.208. The average molecular weight is 256 g/mol. The van der Waals surface area contributed by atoms with Crippen LogP contribution in [-0.2, 0) is 0 Å². The van der Waals surface area contributed by atoms with Gasteiger partial charge in [-0.05, 0) is 24.6 Å². The van der Waals surface area contributed by atoms with Crippen molar-refractivity contribution in [3.05, 3.63) is 59.9 Å². The molecule has 2 aromatic rings. The van der Waals surface area contributed by atoms with Gasteiger partial charge in [0.05, 0.1) is 17.9 Å². The van der Waals surface area contributed by atoms with Gasteiger partial charge in [0.1, 0.15) is 5.69 Å². The van der Waals surface area contributed by atoms with Crippen LogP contribution in [0.5, 0.6) is 0 Å². The Bertz CT molecular complexity index is 539. The second kappa shape index (κ2) is 5.97. The van der Waals surface area contributed by atoms with E-state index in [2.05, 4.69) is 15.7 Å². The van der Waals surface area contributed by atoms with E-state index in [0.717, 1.165) is 5.56 Å². The lowest BCUT2D eigenvalue weighted by Crippen LogP contribution is -2.27. The molecule has 1 aromatic carbocycles. The van der Waals surface area contributed by atoms with E-state index in [-0.39, 0.29) is 11.9 Å². The van der Waals surface area contributed by atoms with Gasteiger partial charge in [-0.15, -0.1) is 0 Å². The van der Waals surface area contributed by atoms with Gasteiger partial charge in [-0.3, -0.25) is 10.6 Å². The highest BCUT2D eigenvalue weighted by atomic mass is 16.1. The number of nitrogen functional groups attached to an aromatic ring is 1. The number of hydrogen-bond donors (Lipinski definition) is 3. The van der Waals surface area contributed by atoms with E-state index >= 15 is 0 Å². The Kier molecular flexibility index (Phi) is 4.10. The van der Waals surface area contributed by atoms with Gasteiger partial charge in [-0.25, -0.2) is 4.98 Å². The second-order valence-corrected chi connectivity index (χ2v) is 4.18. The van der Waals surface area contributed by atoms with E-state index in [0.29, 0.717) is 11.4 Å². The molecule has 19 heavy (non-hydrogen) atoms. The number of benzene rings is 1. The largest absolute Gasteiger partial charge is 0.344 e. The number of hydrazine groups is 1. The van der Waals surface area contributed by atoms with Crippen molar-refractivity contribution in [2.45, 2.75) is 13.0 Å². The molecule has 0 bridgehead atoms. The smallest absolute Gasteiger partial charge is 0.270 e. The Labute approximate surface area is 111 Å². The van der Waals surface area contributed by atoms with Crippen LogP contribution in [0.1, 0.15) is 29.0 Å². The summed E-state index contributed by atoms with van der Waals surface area (Å²) in [5.41, 5.74) is 4.54. The highest BCUT2D eigenvalue weighted by Crippen LogP contribution is 2.12. The fourth-order valence-corrected chi connectivity index (χ4v) is 1.71. The molecule has 0 saturated heterocycles. The van der Waals surface area contributed by atoms with Crippen molar-refractivity contribution >= 4 is 11.6 Å². The van der Waals surface area contributed by atoms with Gasteiger partial charge in [0.25, 0.3) is 5.91 Å². The number of pyridine rings is 1. The third kappa shape index (κ3) is 3.29. The van der Waals surface area contributed by atoms with E-state index < -0.39 is 0 Å². The number of carbonyl (C=O) groups is 1. The fourth-order valence-electron chi connectivity index (χ4n) is 1.71. The molecule has 1 heterocycles. The van der Waals surface area contributed by atoms with Gasteiger partial charge in [-0.2, -0.15) is 0 Å². The Hall–Kier alpha value is -2.40. The van der Waals surface area contributed by atoms with Gasteiger partial charge in [0.15, 0.2) is 0 Å². The van der Waals surface area contributed by atoms with Crippen molar-refractivity contribution in [1.82, 2.24) is 10.3 Å². The van der Waals surface area contributed by atoms with Gasteiger partial charge in [0, 0.05) is 0 Å². The standard InChI is InChI=1S/C14H16N4O/c1-10(11-5-3-2-4-6-11)17-14(19)13-8-7-12(18-15)9-16-13/h2-10,18H,15H2,1H3,(H,17,19). The van der Waals surface area contributed by atoms with E-state index in [1.165, 1.54) is 6.20 Å². The zero-order valence-corrected chi connectivity index (χ0v) is 10.6. The summed E-state index contributed by atoms with van der Waals surface area (Å²) >= 11 is 0. The number of aromatic nitrogens is 1. The molecule has 0 aliphatic rings. The molecular weight excluding hydrogens is 240 g/mol. The number of nitrogens with one attached hydrogen (secondary N) is 2. The van der Waals surface area contributed by atoms with E-state index in [1.807, 2.05) is 37.3 Å². The SMILES string of the molecule is CC(NC(=O)c1ccc(NN)cn1)c1ccccc1. The van der Waals surface area contributed by atoms with Crippen molar-refractivity contribution in [2.24, 2.45) is 5.84 Å². The molecule has 0 saturated carbocycles. The molecule has 1 atom stereocenters. The summed E-state index contributed by atoms with van der Waals surface area (Å²) in [5.74, 6) is 5.03. The summed E-state index contributed by atoms with van der Waals surface area (Å²) in [6.07, 6.45) is 1.52. The Morgan fingerprint density at radius 2 is 1.95 bits per heavy atom. The van der Waals surface area contributed by atoms with Gasteiger partial charge >= 0.3 is 0 Å². The van der Waals surface area contributed by atoms with Crippen LogP contribution >= 0.6 is 0 Å². The molecule has 0 aliphatic carbocycles. The first-order valence-electron chi connectivity index (χ1n) is 5.99. The number of amides is 1. The Morgan fingerprint density at radius 1 is 1.21 bits per heavy atom. The highest BCUT2D eigenvalue weighted by Gasteiger charge is 2.11. The third-order valence-corrected chi connectivity index (χ3v) is 2.81. The van der Waals surface area contributed by atoms with Crippen LogP contribution in [0.2, 0.25) is 0 Å². The molecule has 1 unspecified atom stereocenters. The first kappa shape index (κ1) is 13.0.